The van der Waals surface area contributed by atoms with Crippen LogP contribution in [0.4, 0.5) is 11.5 Å². The fourth-order valence-corrected chi connectivity index (χ4v) is 4.30. The van der Waals surface area contributed by atoms with Crippen LogP contribution < -0.4 is 10.6 Å². The molecule has 1 aromatic heterocycles. The average Bonchev–Trinajstić information content (AvgIpc) is 2.77. The van der Waals surface area contributed by atoms with Gasteiger partial charge in [-0.15, -0.1) is 0 Å². The van der Waals surface area contributed by atoms with Crippen molar-refractivity contribution in [3.63, 3.8) is 0 Å². The minimum absolute atomic E-state index is 0.293. The zero-order valence-corrected chi connectivity index (χ0v) is 21.0. The van der Waals surface area contributed by atoms with Gasteiger partial charge in [-0.1, -0.05) is 12.1 Å². The minimum Gasteiger partial charge on any atom is -0.465 e. The van der Waals surface area contributed by atoms with E-state index in [2.05, 4.69) is 81.4 Å². The average molecular weight is 446 g/mol. The zero-order chi connectivity index (χ0) is 24.3. The van der Waals surface area contributed by atoms with Crippen LogP contribution in [0.2, 0.25) is 0 Å². The van der Waals surface area contributed by atoms with Crippen molar-refractivity contribution < 1.29 is 9.53 Å². The maximum Gasteiger partial charge on any atom is 0.338 e. The lowest BCUT2D eigenvalue weighted by Crippen LogP contribution is -2.12. The molecule has 1 heterocycles. The number of hydrogen-bond donors (Lipinski definition) is 2. The van der Waals surface area contributed by atoms with Crippen LogP contribution in [0.15, 0.2) is 42.6 Å². The quantitative estimate of drug-likeness (QED) is 0.393. The second kappa shape index (κ2) is 10.1. The summed E-state index contributed by atoms with van der Waals surface area (Å²) in [7, 11) is 1.43. The molecule has 5 heteroatoms. The van der Waals surface area contributed by atoms with Crippen LogP contribution in [-0.4, -0.2) is 30.1 Å². The lowest BCUT2D eigenvalue weighted by atomic mass is 9.83. The third-order valence-corrected chi connectivity index (χ3v) is 5.82. The minimum atomic E-state index is -0.339. The van der Waals surface area contributed by atoms with Crippen LogP contribution >= 0.6 is 0 Å². The van der Waals surface area contributed by atoms with Gasteiger partial charge in [-0.25, -0.2) is 9.78 Å². The summed E-state index contributed by atoms with van der Waals surface area (Å²) in [6.07, 6.45) is 1.82. The Hall–Kier alpha value is -3.34. The van der Waals surface area contributed by atoms with Crippen LogP contribution in [0.25, 0.3) is 22.3 Å². The largest absolute Gasteiger partial charge is 0.465 e. The Kier molecular flexibility index (Phi) is 7.42. The number of nitrogens with zero attached hydrogens (tertiary/aromatic N) is 1. The molecule has 0 aliphatic heterocycles. The van der Waals surface area contributed by atoms with Crippen molar-refractivity contribution in [1.29, 1.82) is 0 Å². The first-order chi connectivity index (χ1) is 15.6. The molecule has 0 saturated carbocycles. The molecule has 3 rings (SSSR count). The summed E-state index contributed by atoms with van der Waals surface area (Å²) in [5.74, 6) is 0.473. The van der Waals surface area contributed by atoms with E-state index in [0.29, 0.717) is 17.6 Å². The zero-order valence-electron chi connectivity index (χ0n) is 21.0. The van der Waals surface area contributed by atoms with Gasteiger partial charge >= 0.3 is 5.97 Å². The first-order valence-corrected chi connectivity index (χ1v) is 11.5. The van der Waals surface area contributed by atoms with Crippen molar-refractivity contribution in [2.45, 2.75) is 60.5 Å². The van der Waals surface area contributed by atoms with E-state index < -0.39 is 0 Å². The first-order valence-electron chi connectivity index (χ1n) is 11.5. The van der Waals surface area contributed by atoms with Crippen molar-refractivity contribution in [3.05, 3.63) is 64.8 Å². The SMILES string of the molecule is COC(=O)c1c(C)c(-c2ccc(NC(C)C)cc2)c(C)c(C)c1-c1ccc(NC(C)C)nc1. The topological polar surface area (TPSA) is 63.2 Å². The van der Waals surface area contributed by atoms with Crippen LogP contribution in [0.1, 0.15) is 54.7 Å². The number of aromatic nitrogens is 1. The number of hydrogen-bond acceptors (Lipinski definition) is 5. The molecule has 2 N–H and O–H groups in total. The normalized spacial score (nSPS) is 11.1. The molecule has 0 spiro atoms. The summed E-state index contributed by atoms with van der Waals surface area (Å²) in [5.41, 5.74) is 8.69. The Morgan fingerprint density at radius 2 is 1.36 bits per heavy atom. The molecule has 0 fully saturated rings. The van der Waals surface area contributed by atoms with Crippen LogP contribution in [-0.2, 0) is 4.74 Å². The van der Waals surface area contributed by atoms with Crippen molar-refractivity contribution in [1.82, 2.24) is 4.98 Å². The number of rotatable bonds is 7. The highest BCUT2D eigenvalue weighted by Crippen LogP contribution is 2.40. The number of esters is 1. The number of carbonyl (C=O) groups is 1. The van der Waals surface area contributed by atoms with E-state index >= 15 is 0 Å². The second-order valence-corrected chi connectivity index (χ2v) is 9.10. The number of pyridine rings is 1. The van der Waals surface area contributed by atoms with E-state index in [4.69, 9.17) is 4.74 Å². The van der Waals surface area contributed by atoms with E-state index in [9.17, 15) is 4.79 Å². The van der Waals surface area contributed by atoms with Gasteiger partial charge in [0, 0.05) is 35.1 Å². The molecule has 174 valence electrons. The molecular formula is C28H35N3O2. The molecule has 0 radical (unpaired) electrons. The summed E-state index contributed by atoms with van der Waals surface area (Å²) in [4.78, 5) is 17.6. The van der Waals surface area contributed by atoms with Crippen LogP contribution in [0.5, 0.6) is 0 Å². The number of methoxy groups -OCH3 is 1. The van der Waals surface area contributed by atoms with E-state index in [1.54, 1.807) is 0 Å². The number of carbonyl (C=O) groups excluding carboxylic acids is 1. The third kappa shape index (κ3) is 5.19. The van der Waals surface area contributed by atoms with Gasteiger partial charge in [-0.05, 0) is 101 Å². The summed E-state index contributed by atoms with van der Waals surface area (Å²) < 4.78 is 5.22. The summed E-state index contributed by atoms with van der Waals surface area (Å²) >= 11 is 0. The summed E-state index contributed by atoms with van der Waals surface area (Å²) in [5, 5.41) is 6.73. The van der Waals surface area contributed by atoms with Crippen molar-refractivity contribution in [3.8, 4) is 22.3 Å². The predicted octanol–water partition coefficient (Wildman–Crippen LogP) is 6.77. The molecule has 0 unspecified atom stereocenters. The molecular weight excluding hydrogens is 410 g/mol. The third-order valence-electron chi connectivity index (χ3n) is 5.82. The summed E-state index contributed by atoms with van der Waals surface area (Å²) in [6.45, 7) is 14.6. The van der Waals surface area contributed by atoms with E-state index in [1.807, 2.05) is 25.3 Å². The number of benzene rings is 2. The molecule has 0 bridgehead atoms. The molecule has 3 aromatic rings. The summed E-state index contributed by atoms with van der Waals surface area (Å²) in [6, 6.07) is 13.0. The molecule has 5 nitrogen and oxygen atoms in total. The van der Waals surface area contributed by atoms with Gasteiger partial charge in [0.2, 0.25) is 0 Å². The van der Waals surface area contributed by atoms with Gasteiger partial charge in [0.15, 0.2) is 0 Å². The van der Waals surface area contributed by atoms with Gasteiger partial charge in [0.05, 0.1) is 12.7 Å². The number of ether oxygens (including phenoxy) is 1. The van der Waals surface area contributed by atoms with Gasteiger partial charge in [0.1, 0.15) is 5.82 Å². The fourth-order valence-electron chi connectivity index (χ4n) is 4.30. The van der Waals surface area contributed by atoms with Crippen molar-refractivity contribution in [2.75, 3.05) is 17.7 Å². The second-order valence-electron chi connectivity index (χ2n) is 9.10. The molecule has 0 aliphatic carbocycles. The van der Waals surface area contributed by atoms with E-state index in [0.717, 1.165) is 50.4 Å². The molecule has 2 aromatic carbocycles. The number of nitrogens with one attached hydrogen (secondary N) is 2. The smallest absolute Gasteiger partial charge is 0.338 e. The highest BCUT2D eigenvalue weighted by Gasteiger charge is 2.24. The Morgan fingerprint density at radius 1 is 0.788 bits per heavy atom. The maximum atomic E-state index is 13.0. The molecule has 0 amide bonds. The number of anilines is 2. The van der Waals surface area contributed by atoms with E-state index in [1.165, 1.54) is 7.11 Å². The van der Waals surface area contributed by atoms with Crippen LogP contribution in [0.3, 0.4) is 0 Å². The lowest BCUT2D eigenvalue weighted by molar-refractivity contribution is 0.0601. The standard InChI is InChI=1S/C28H35N3O2/c1-16(2)30-23-12-9-21(10-13-23)25-18(5)19(6)26(27(20(25)7)28(32)33-8)22-11-14-24(29-15-22)31-17(3)4/h9-17,30H,1-8H3,(H,29,31). The lowest BCUT2D eigenvalue weighted by Gasteiger charge is -2.22. The van der Waals surface area contributed by atoms with Gasteiger partial charge in [-0.2, -0.15) is 0 Å². The van der Waals surface area contributed by atoms with Gasteiger partial charge in [-0.3, -0.25) is 0 Å². The Bertz CT molecular complexity index is 1130. The first kappa shape index (κ1) is 24.3. The van der Waals surface area contributed by atoms with Gasteiger partial charge in [0.25, 0.3) is 0 Å². The van der Waals surface area contributed by atoms with Crippen molar-refractivity contribution >= 4 is 17.5 Å². The van der Waals surface area contributed by atoms with Crippen molar-refractivity contribution in [2.24, 2.45) is 0 Å². The molecule has 33 heavy (non-hydrogen) atoms. The Labute approximate surface area is 197 Å². The highest BCUT2D eigenvalue weighted by atomic mass is 16.5. The Balaban J connectivity index is 2.18. The maximum absolute atomic E-state index is 13.0. The van der Waals surface area contributed by atoms with Crippen LogP contribution in [0, 0.1) is 20.8 Å². The predicted molar refractivity (Wildman–Crippen MR) is 138 cm³/mol. The fraction of sp³-hybridized carbons (Fsp3) is 0.357. The molecule has 0 saturated heterocycles. The molecule has 0 aliphatic rings. The van der Waals surface area contributed by atoms with Gasteiger partial charge < -0.3 is 15.4 Å². The van der Waals surface area contributed by atoms with E-state index in [-0.39, 0.29) is 5.97 Å². The monoisotopic (exact) mass is 445 g/mol. The molecule has 0 atom stereocenters. The Morgan fingerprint density at radius 3 is 1.88 bits per heavy atom. The highest BCUT2D eigenvalue weighted by molar-refractivity contribution is 6.02.